The summed E-state index contributed by atoms with van der Waals surface area (Å²) in [5.41, 5.74) is 0. The maximum atomic E-state index is 2.41. The fourth-order valence-corrected chi connectivity index (χ4v) is 1.40. The largest absolute Gasteiger partial charge is 0.242 e. The van der Waals surface area contributed by atoms with Gasteiger partial charge in [0.1, 0.15) is 0 Å². The van der Waals surface area contributed by atoms with Crippen molar-refractivity contribution in [1.29, 1.82) is 0 Å². The molecular weight excluding hydrogens is 237 g/mol. The fourth-order valence-electron chi connectivity index (χ4n) is 0.755. The quantitative estimate of drug-likeness (QED) is 0.553. The van der Waals surface area contributed by atoms with Gasteiger partial charge in [-0.25, -0.2) is 3.11 Å². The van der Waals surface area contributed by atoms with Gasteiger partial charge in [-0.3, -0.25) is 0 Å². The van der Waals surface area contributed by atoms with Gasteiger partial charge < -0.3 is 0 Å². The van der Waals surface area contributed by atoms with E-state index < -0.39 is 0 Å². The van der Waals surface area contributed by atoms with E-state index in [4.69, 9.17) is 0 Å². The average molecular weight is 255 g/mol. The smallest absolute Gasteiger partial charge is 0.0207 e. The Hall–Kier alpha value is 0.690. The number of halogens is 1. The number of rotatable bonds is 3. The van der Waals surface area contributed by atoms with Crippen LogP contribution >= 0.6 is 22.9 Å². The van der Waals surface area contributed by atoms with E-state index >= 15 is 0 Å². The van der Waals surface area contributed by atoms with Crippen molar-refractivity contribution in [2.24, 2.45) is 5.92 Å². The third-order valence-corrected chi connectivity index (χ3v) is 3.84. The van der Waals surface area contributed by atoms with Crippen LogP contribution < -0.4 is 0 Å². The minimum atomic E-state index is 0.651. The van der Waals surface area contributed by atoms with Crippen molar-refractivity contribution in [3.05, 3.63) is 0 Å². The number of nitrogens with zero attached hydrogens (tertiary/aromatic N) is 1. The van der Waals surface area contributed by atoms with Crippen LogP contribution in [-0.4, -0.2) is 15.2 Å². The van der Waals surface area contributed by atoms with E-state index in [1.165, 1.54) is 0 Å². The summed E-state index contributed by atoms with van der Waals surface area (Å²) in [6.07, 6.45) is 0. The molecule has 0 heterocycles. The van der Waals surface area contributed by atoms with Crippen molar-refractivity contribution in [3.63, 3.8) is 0 Å². The van der Waals surface area contributed by atoms with Gasteiger partial charge in [0.25, 0.3) is 0 Å². The van der Waals surface area contributed by atoms with Gasteiger partial charge in [-0.2, -0.15) is 0 Å². The summed E-state index contributed by atoms with van der Waals surface area (Å²) in [6, 6.07) is 1.33. The lowest BCUT2D eigenvalue weighted by Gasteiger charge is -2.28. The van der Waals surface area contributed by atoms with Gasteiger partial charge in [-0.15, -0.1) is 0 Å². The zero-order valence-corrected chi connectivity index (χ0v) is 9.71. The zero-order valence-electron chi connectivity index (χ0n) is 7.56. The molecule has 0 aliphatic rings. The fraction of sp³-hybridized carbons (Fsp3) is 1.00. The van der Waals surface area contributed by atoms with Crippen LogP contribution in [0.5, 0.6) is 0 Å². The van der Waals surface area contributed by atoms with Gasteiger partial charge in [-0.1, -0.05) is 13.8 Å². The monoisotopic (exact) mass is 255 g/mol. The molecule has 0 aromatic carbocycles. The molecule has 0 rings (SSSR count). The van der Waals surface area contributed by atoms with Crippen LogP contribution in [0.2, 0.25) is 0 Å². The van der Waals surface area contributed by atoms with Crippen molar-refractivity contribution < 1.29 is 0 Å². The molecule has 0 saturated heterocycles. The Morgan fingerprint density at radius 2 is 1.40 bits per heavy atom. The van der Waals surface area contributed by atoms with Gasteiger partial charge >= 0.3 is 0 Å². The third kappa shape index (κ3) is 3.19. The molecule has 0 aliphatic heterocycles. The molecule has 62 valence electrons. The second-order valence-electron chi connectivity index (χ2n) is 3.42. The average Bonchev–Trinajstić information content (AvgIpc) is 1.84. The molecule has 1 atom stereocenters. The predicted molar refractivity (Wildman–Crippen MR) is 55.3 cm³/mol. The van der Waals surface area contributed by atoms with Crippen molar-refractivity contribution in [3.8, 4) is 0 Å². The van der Waals surface area contributed by atoms with E-state index in [9.17, 15) is 0 Å². The van der Waals surface area contributed by atoms with Gasteiger partial charge in [0.15, 0.2) is 0 Å². The molecular formula is C8H18IN. The lowest BCUT2D eigenvalue weighted by Crippen LogP contribution is -2.33. The molecule has 0 radical (unpaired) electrons. The van der Waals surface area contributed by atoms with E-state index in [-0.39, 0.29) is 0 Å². The molecule has 0 aromatic rings. The third-order valence-electron chi connectivity index (χ3n) is 1.85. The minimum Gasteiger partial charge on any atom is -0.242 e. The first-order valence-corrected chi connectivity index (χ1v) is 4.87. The minimum absolute atomic E-state index is 0.651. The Labute approximate surface area is 78.7 Å². The summed E-state index contributed by atoms with van der Waals surface area (Å²) in [5, 5.41) is 0. The summed E-state index contributed by atoms with van der Waals surface area (Å²) in [7, 11) is 0. The van der Waals surface area contributed by atoms with E-state index in [1.54, 1.807) is 0 Å². The first-order chi connectivity index (χ1) is 4.46. The van der Waals surface area contributed by atoms with Gasteiger partial charge in [0, 0.05) is 34.9 Å². The molecule has 0 spiro atoms. The Morgan fingerprint density at radius 3 is 1.50 bits per heavy atom. The van der Waals surface area contributed by atoms with Crippen LogP contribution in [-0.2, 0) is 0 Å². The van der Waals surface area contributed by atoms with E-state index in [0.717, 1.165) is 5.92 Å². The van der Waals surface area contributed by atoms with Crippen LogP contribution in [0.1, 0.15) is 34.6 Å². The molecule has 0 bridgehead atoms. The van der Waals surface area contributed by atoms with Crippen LogP contribution in [0.4, 0.5) is 0 Å². The maximum Gasteiger partial charge on any atom is 0.0207 e. The Kier molecular flexibility index (Phi) is 4.86. The molecule has 10 heavy (non-hydrogen) atoms. The Morgan fingerprint density at radius 1 is 1.00 bits per heavy atom. The second-order valence-corrected chi connectivity index (χ2v) is 4.54. The van der Waals surface area contributed by atoms with Crippen molar-refractivity contribution in [2.75, 3.05) is 0 Å². The lowest BCUT2D eigenvalue weighted by atomic mass is 10.1. The highest BCUT2D eigenvalue weighted by Crippen LogP contribution is 2.17. The highest BCUT2D eigenvalue weighted by Gasteiger charge is 2.16. The Bertz CT molecular complexity index is 79.3. The molecule has 1 nitrogen and oxygen atoms in total. The predicted octanol–water partition coefficient (Wildman–Crippen LogP) is 3.09. The van der Waals surface area contributed by atoms with Crippen molar-refractivity contribution in [1.82, 2.24) is 3.11 Å². The maximum absolute atomic E-state index is 2.41. The van der Waals surface area contributed by atoms with E-state index in [2.05, 4.69) is 60.6 Å². The number of hydrogen-bond donors (Lipinski definition) is 0. The summed E-state index contributed by atoms with van der Waals surface area (Å²) in [5.74, 6) is 0.749. The van der Waals surface area contributed by atoms with Crippen LogP contribution in [0.25, 0.3) is 0 Å². The standard InChI is InChI=1S/C8H18IN/c1-6(2)8(5)10(9)7(3)4/h6-8H,1-5H3. The normalized spacial score (nSPS) is 15.3. The molecule has 0 N–H and O–H groups in total. The summed E-state index contributed by atoms with van der Waals surface area (Å²) < 4.78 is 2.38. The molecule has 0 aromatic heterocycles. The van der Waals surface area contributed by atoms with Gasteiger partial charge in [-0.05, 0) is 26.7 Å². The van der Waals surface area contributed by atoms with Crippen molar-refractivity contribution >= 4 is 22.9 Å². The highest BCUT2D eigenvalue weighted by atomic mass is 127. The summed E-state index contributed by atoms with van der Waals surface area (Å²) in [4.78, 5) is 0. The topological polar surface area (TPSA) is 3.24 Å². The highest BCUT2D eigenvalue weighted by molar-refractivity contribution is 14.1. The van der Waals surface area contributed by atoms with Crippen LogP contribution in [0, 0.1) is 5.92 Å². The lowest BCUT2D eigenvalue weighted by molar-refractivity contribution is 0.285. The first kappa shape index (κ1) is 10.7. The molecule has 0 fully saturated rings. The number of hydrogen-bond acceptors (Lipinski definition) is 1. The van der Waals surface area contributed by atoms with E-state index in [0.29, 0.717) is 12.1 Å². The van der Waals surface area contributed by atoms with Crippen LogP contribution in [0.15, 0.2) is 0 Å². The first-order valence-electron chi connectivity index (χ1n) is 3.91. The molecule has 0 saturated carbocycles. The Balaban J connectivity index is 3.81. The van der Waals surface area contributed by atoms with Crippen molar-refractivity contribution in [2.45, 2.75) is 46.7 Å². The molecule has 1 unspecified atom stereocenters. The zero-order chi connectivity index (χ0) is 8.31. The molecule has 2 heteroatoms. The SMILES string of the molecule is CC(C)C(C)N(I)C(C)C. The summed E-state index contributed by atoms with van der Waals surface area (Å²) >= 11 is 2.41. The summed E-state index contributed by atoms with van der Waals surface area (Å²) in [6.45, 7) is 11.3. The van der Waals surface area contributed by atoms with E-state index in [1.807, 2.05) is 0 Å². The second kappa shape index (κ2) is 4.54. The van der Waals surface area contributed by atoms with Gasteiger partial charge in [0.2, 0.25) is 0 Å². The van der Waals surface area contributed by atoms with Crippen LogP contribution in [0.3, 0.4) is 0 Å². The van der Waals surface area contributed by atoms with Gasteiger partial charge in [0.05, 0.1) is 0 Å². The molecule has 0 aliphatic carbocycles. The molecule has 0 amide bonds.